The maximum absolute atomic E-state index is 11.0. The number of hydrogen-bond acceptors (Lipinski definition) is 4. The minimum atomic E-state index is -0.359. The second kappa shape index (κ2) is 7.09. The molecule has 3 N–H and O–H groups in total. The molecular weight excluding hydrogens is 242 g/mol. The highest BCUT2D eigenvalue weighted by molar-refractivity contribution is 5.76. The van der Waals surface area contributed by atoms with Crippen molar-refractivity contribution in [2.45, 2.75) is 40.3 Å². The van der Waals surface area contributed by atoms with Crippen molar-refractivity contribution in [2.75, 3.05) is 6.61 Å². The largest absolute Gasteiger partial charge is 0.491 e. The molecule has 1 rings (SSSR count). The smallest absolute Gasteiger partial charge is 0.223 e. The Morgan fingerprint density at radius 3 is 2.68 bits per heavy atom. The number of nitrogens with zero attached hydrogens (tertiary/aromatic N) is 1. The molecular formula is C14H23N3O2. The molecule has 1 unspecified atom stereocenters. The van der Waals surface area contributed by atoms with E-state index in [0.29, 0.717) is 18.3 Å². The molecule has 1 aromatic rings. The van der Waals surface area contributed by atoms with Gasteiger partial charge < -0.3 is 15.8 Å². The number of rotatable bonds is 7. The fourth-order valence-corrected chi connectivity index (χ4v) is 1.45. The third-order valence-corrected chi connectivity index (χ3v) is 2.72. The maximum Gasteiger partial charge on any atom is 0.223 e. The van der Waals surface area contributed by atoms with E-state index in [-0.39, 0.29) is 18.4 Å². The van der Waals surface area contributed by atoms with Crippen molar-refractivity contribution < 1.29 is 9.53 Å². The predicted molar refractivity (Wildman–Crippen MR) is 74.8 cm³/mol. The molecule has 106 valence electrons. The molecule has 1 atom stereocenters. The lowest BCUT2D eigenvalue weighted by Gasteiger charge is -2.15. The third kappa shape index (κ3) is 5.26. The Kier molecular flexibility index (Phi) is 5.76. The summed E-state index contributed by atoms with van der Waals surface area (Å²) >= 11 is 0. The molecule has 1 aromatic heterocycles. The monoisotopic (exact) mass is 265 g/mol. The van der Waals surface area contributed by atoms with Crippen LogP contribution in [0, 0.1) is 12.8 Å². The molecule has 0 spiro atoms. The number of hydrogen-bond donors (Lipinski definition) is 2. The van der Waals surface area contributed by atoms with Crippen LogP contribution in [0.25, 0.3) is 0 Å². The van der Waals surface area contributed by atoms with Crippen LogP contribution in [0.2, 0.25) is 0 Å². The summed E-state index contributed by atoms with van der Waals surface area (Å²) in [5.41, 5.74) is 7.01. The highest BCUT2D eigenvalue weighted by Gasteiger charge is 2.12. The summed E-state index contributed by atoms with van der Waals surface area (Å²) in [7, 11) is 0. The summed E-state index contributed by atoms with van der Waals surface area (Å²) in [4.78, 5) is 15.5. The summed E-state index contributed by atoms with van der Waals surface area (Å²) in [5.74, 6) is 0.0287. The van der Waals surface area contributed by atoms with E-state index in [0.717, 1.165) is 11.4 Å². The van der Waals surface area contributed by atoms with Gasteiger partial charge in [0.2, 0.25) is 5.91 Å². The zero-order chi connectivity index (χ0) is 14.4. The number of nitrogens with one attached hydrogen (secondary N) is 1. The molecule has 0 saturated carbocycles. The van der Waals surface area contributed by atoms with Gasteiger partial charge in [0.15, 0.2) is 0 Å². The molecule has 5 heteroatoms. The number of primary amides is 1. The zero-order valence-corrected chi connectivity index (χ0v) is 12.1. The van der Waals surface area contributed by atoms with Gasteiger partial charge in [-0.25, -0.2) is 0 Å². The van der Waals surface area contributed by atoms with Gasteiger partial charge in [-0.2, -0.15) is 0 Å². The molecule has 1 heterocycles. The lowest BCUT2D eigenvalue weighted by Crippen LogP contribution is -2.27. The highest BCUT2D eigenvalue weighted by atomic mass is 16.5. The Morgan fingerprint density at radius 2 is 2.11 bits per heavy atom. The van der Waals surface area contributed by atoms with Gasteiger partial charge >= 0.3 is 0 Å². The number of pyridine rings is 1. The molecule has 19 heavy (non-hydrogen) atoms. The summed E-state index contributed by atoms with van der Waals surface area (Å²) in [6.45, 7) is 8.75. The minimum absolute atomic E-state index is 0.273. The second-order valence-electron chi connectivity index (χ2n) is 5.05. The Morgan fingerprint density at radius 1 is 1.42 bits per heavy atom. The number of carbonyl (C=O) groups excluding carboxylic acids is 1. The van der Waals surface area contributed by atoms with Gasteiger partial charge in [-0.15, -0.1) is 0 Å². The number of ether oxygens (including phenoxy) is 1. The molecule has 5 nitrogen and oxygen atoms in total. The SMILES string of the molecule is Cc1ccc(OCC(C)C(N)=O)c(CNC(C)C)n1. The van der Waals surface area contributed by atoms with Crippen molar-refractivity contribution in [3.8, 4) is 5.75 Å². The van der Waals surface area contributed by atoms with Gasteiger partial charge in [-0.3, -0.25) is 9.78 Å². The van der Waals surface area contributed by atoms with Crippen LogP contribution in [-0.2, 0) is 11.3 Å². The van der Waals surface area contributed by atoms with Gasteiger partial charge in [-0.1, -0.05) is 20.8 Å². The first-order chi connectivity index (χ1) is 8.90. The van der Waals surface area contributed by atoms with Crippen LogP contribution in [0.4, 0.5) is 0 Å². The summed E-state index contributed by atoms with van der Waals surface area (Å²) in [6, 6.07) is 4.15. The Hall–Kier alpha value is -1.62. The Labute approximate surface area is 114 Å². The topological polar surface area (TPSA) is 77.2 Å². The Balaban J connectivity index is 2.73. The quantitative estimate of drug-likeness (QED) is 0.781. The fraction of sp³-hybridized carbons (Fsp3) is 0.571. The van der Waals surface area contributed by atoms with Gasteiger partial charge in [0, 0.05) is 18.3 Å². The molecule has 0 aromatic carbocycles. The highest BCUT2D eigenvalue weighted by Crippen LogP contribution is 2.18. The van der Waals surface area contributed by atoms with Crippen molar-refractivity contribution in [1.29, 1.82) is 0 Å². The molecule has 0 aliphatic heterocycles. The van der Waals surface area contributed by atoms with Crippen molar-refractivity contribution >= 4 is 5.91 Å². The number of carbonyl (C=O) groups is 1. The van der Waals surface area contributed by atoms with Crippen LogP contribution in [0.3, 0.4) is 0 Å². The van der Waals surface area contributed by atoms with Crippen molar-refractivity contribution in [1.82, 2.24) is 10.3 Å². The van der Waals surface area contributed by atoms with E-state index in [1.54, 1.807) is 6.92 Å². The lowest BCUT2D eigenvalue weighted by atomic mass is 10.2. The molecule has 0 bridgehead atoms. The number of aromatic nitrogens is 1. The molecule has 0 radical (unpaired) electrons. The van der Waals surface area contributed by atoms with Crippen LogP contribution in [0.15, 0.2) is 12.1 Å². The van der Waals surface area contributed by atoms with Crippen molar-refractivity contribution in [3.05, 3.63) is 23.5 Å². The third-order valence-electron chi connectivity index (χ3n) is 2.72. The van der Waals surface area contributed by atoms with E-state index in [1.807, 2.05) is 19.1 Å². The van der Waals surface area contributed by atoms with E-state index in [4.69, 9.17) is 10.5 Å². The van der Waals surface area contributed by atoms with E-state index in [2.05, 4.69) is 24.1 Å². The summed E-state index contributed by atoms with van der Waals surface area (Å²) in [5, 5.41) is 3.31. The standard InChI is InChI=1S/C14H23N3O2/c1-9(2)16-7-12-13(6-5-11(4)17-12)19-8-10(3)14(15)18/h5-6,9-10,16H,7-8H2,1-4H3,(H2,15,18). The van der Waals surface area contributed by atoms with Gasteiger partial charge in [-0.05, 0) is 19.1 Å². The summed E-state index contributed by atoms with van der Waals surface area (Å²) in [6.07, 6.45) is 0. The van der Waals surface area contributed by atoms with Crippen LogP contribution >= 0.6 is 0 Å². The molecule has 1 amide bonds. The molecule has 0 aliphatic rings. The maximum atomic E-state index is 11.0. The second-order valence-corrected chi connectivity index (χ2v) is 5.05. The van der Waals surface area contributed by atoms with E-state index < -0.39 is 0 Å². The average molecular weight is 265 g/mol. The number of nitrogens with two attached hydrogens (primary N) is 1. The fourth-order valence-electron chi connectivity index (χ4n) is 1.45. The first-order valence-electron chi connectivity index (χ1n) is 6.52. The number of amides is 1. The normalized spacial score (nSPS) is 12.5. The lowest BCUT2D eigenvalue weighted by molar-refractivity contribution is -0.122. The average Bonchev–Trinajstić information content (AvgIpc) is 2.34. The van der Waals surface area contributed by atoms with Crippen LogP contribution in [0.1, 0.15) is 32.2 Å². The van der Waals surface area contributed by atoms with E-state index in [1.165, 1.54) is 0 Å². The van der Waals surface area contributed by atoms with Crippen molar-refractivity contribution in [2.24, 2.45) is 11.7 Å². The minimum Gasteiger partial charge on any atom is -0.491 e. The molecule has 0 saturated heterocycles. The number of aryl methyl sites for hydroxylation is 1. The van der Waals surface area contributed by atoms with E-state index in [9.17, 15) is 4.79 Å². The summed E-state index contributed by atoms with van der Waals surface area (Å²) < 4.78 is 5.64. The van der Waals surface area contributed by atoms with Crippen molar-refractivity contribution in [3.63, 3.8) is 0 Å². The molecule has 0 fully saturated rings. The van der Waals surface area contributed by atoms with Gasteiger partial charge in [0.05, 0.1) is 18.2 Å². The molecule has 0 aliphatic carbocycles. The van der Waals surface area contributed by atoms with Crippen LogP contribution in [0.5, 0.6) is 5.75 Å². The van der Waals surface area contributed by atoms with E-state index >= 15 is 0 Å². The Bertz CT molecular complexity index is 433. The first-order valence-corrected chi connectivity index (χ1v) is 6.52. The van der Waals surface area contributed by atoms with Gasteiger partial charge in [0.1, 0.15) is 5.75 Å². The first kappa shape index (κ1) is 15.4. The van der Waals surface area contributed by atoms with Gasteiger partial charge in [0.25, 0.3) is 0 Å². The van der Waals surface area contributed by atoms with Crippen LogP contribution in [-0.4, -0.2) is 23.5 Å². The predicted octanol–water partition coefficient (Wildman–Crippen LogP) is 1.39. The zero-order valence-electron chi connectivity index (χ0n) is 12.1. The van der Waals surface area contributed by atoms with Crippen LogP contribution < -0.4 is 15.8 Å².